The van der Waals surface area contributed by atoms with Crippen LogP contribution in [0.1, 0.15) is 31.9 Å². The SMILES string of the molecule is CC(=O)N(CCC(=O)NCC1CCCO1)Cc1ccco1. The topological polar surface area (TPSA) is 71.8 Å². The first kappa shape index (κ1) is 15.6. The summed E-state index contributed by atoms with van der Waals surface area (Å²) in [5, 5.41) is 2.85. The van der Waals surface area contributed by atoms with Crippen LogP contribution in [0, 0.1) is 0 Å². The van der Waals surface area contributed by atoms with Gasteiger partial charge in [-0.3, -0.25) is 9.59 Å². The van der Waals surface area contributed by atoms with Crippen molar-refractivity contribution in [2.45, 2.75) is 38.8 Å². The quantitative estimate of drug-likeness (QED) is 0.823. The van der Waals surface area contributed by atoms with Crippen molar-refractivity contribution < 1.29 is 18.7 Å². The van der Waals surface area contributed by atoms with Crippen LogP contribution in [-0.4, -0.2) is 42.5 Å². The van der Waals surface area contributed by atoms with Crippen molar-refractivity contribution >= 4 is 11.8 Å². The van der Waals surface area contributed by atoms with Gasteiger partial charge < -0.3 is 19.4 Å². The standard InChI is InChI=1S/C15H22N2O4/c1-12(18)17(11-14-5-3-9-21-14)7-6-15(19)16-10-13-4-2-8-20-13/h3,5,9,13H,2,4,6-8,10-11H2,1H3,(H,16,19). The van der Waals surface area contributed by atoms with Crippen LogP contribution in [0.5, 0.6) is 0 Å². The zero-order chi connectivity index (χ0) is 15.1. The summed E-state index contributed by atoms with van der Waals surface area (Å²) in [5.41, 5.74) is 0. The van der Waals surface area contributed by atoms with Gasteiger partial charge in [0.15, 0.2) is 0 Å². The van der Waals surface area contributed by atoms with Crippen LogP contribution >= 0.6 is 0 Å². The average Bonchev–Trinajstić information content (AvgIpc) is 3.13. The van der Waals surface area contributed by atoms with Crippen LogP contribution in [0.25, 0.3) is 0 Å². The van der Waals surface area contributed by atoms with E-state index in [4.69, 9.17) is 9.15 Å². The molecular weight excluding hydrogens is 272 g/mol. The molecule has 116 valence electrons. The van der Waals surface area contributed by atoms with Gasteiger partial charge in [0, 0.05) is 33.0 Å². The van der Waals surface area contributed by atoms with Gasteiger partial charge in [-0.1, -0.05) is 0 Å². The van der Waals surface area contributed by atoms with Crippen molar-refractivity contribution in [1.82, 2.24) is 10.2 Å². The zero-order valence-electron chi connectivity index (χ0n) is 12.3. The predicted molar refractivity (Wildman–Crippen MR) is 76.4 cm³/mol. The largest absolute Gasteiger partial charge is 0.467 e. The summed E-state index contributed by atoms with van der Waals surface area (Å²) in [5.74, 6) is 0.583. The summed E-state index contributed by atoms with van der Waals surface area (Å²) in [4.78, 5) is 25.0. The lowest BCUT2D eigenvalue weighted by atomic mass is 10.2. The van der Waals surface area contributed by atoms with Crippen molar-refractivity contribution in [1.29, 1.82) is 0 Å². The van der Waals surface area contributed by atoms with Gasteiger partial charge in [0.25, 0.3) is 0 Å². The van der Waals surface area contributed by atoms with Crippen LogP contribution < -0.4 is 5.32 Å². The van der Waals surface area contributed by atoms with Crippen molar-refractivity contribution in [3.8, 4) is 0 Å². The average molecular weight is 294 g/mol. The Labute approximate surface area is 124 Å². The summed E-state index contributed by atoms with van der Waals surface area (Å²) in [6, 6.07) is 3.59. The monoisotopic (exact) mass is 294 g/mol. The minimum Gasteiger partial charge on any atom is -0.467 e. The lowest BCUT2D eigenvalue weighted by molar-refractivity contribution is -0.130. The summed E-state index contributed by atoms with van der Waals surface area (Å²) in [6.45, 7) is 3.60. The third-order valence-electron chi connectivity index (χ3n) is 3.53. The first-order valence-electron chi connectivity index (χ1n) is 7.31. The molecule has 0 aromatic carbocycles. The van der Waals surface area contributed by atoms with Crippen LogP contribution in [0.15, 0.2) is 22.8 Å². The highest BCUT2D eigenvalue weighted by Crippen LogP contribution is 2.10. The van der Waals surface area contributed by atoms with Gasteiger partial charge in [0.05, 0.1) is 18.9 Å². The number of furan rings is 1. The first-order chi connectivity index (χ1) is 10.1. The number of nitrogens with zero attached hydrogens (tertiary/aromatic N) is 1. The van der Waals surface area contributed by atoms with E-state index in [0.717, 1.165) is 19.4 Å². The fourth-order valence-electron chi connectivity index (χ4n) is 2.30. The Morgan fingerprint density at radius 3 is 2.95 bits per heavy atom. The van der Waals surface area contributed by atoms with Gasteiger partial charge in [0.1, 0.15) is 5.76 Å². The molecule has 0 bridgehead atoms. The molecule has 6 nitrogen and oxygen atoms in total. The number of carbonyl (C=O) groups is 2. The van der Waals surface area contributed by atoms with E-state index in [-0.39, 0.29) is 24.3 Å². The maximum absolute atomic E-state index is 11.8. The van der Waals surface area contributed by atoms with Crippen LogP contribution in [0.3, 0.4) is 0 Å². The van der Waals surface area contributed by atoms with Gasteiger partial charge in [-0.25, -0.2) is 0 Å². The van der Waals surface area contributed by atoms with Crippen molar-refractivity contribution in [2.75, 3.05) is 19.7 Å². The van der Waals surface area contributed by atoms with E-state index >= 15 is 0 Å². The third kappa shape index (κ3) is 5.23. The summed E-state index contributed by atoms with van der Waals surface area (Å²) in [7, 11) is 0. The molecular formula is C15H22N2O4. The lowest BCUT2D eigenvalue weighted by Crippen LogP contribution is -2.36. The summed E-state index contributed by atoms with van der Waals surface area (Å²) < 4.78 is 10.7. The molecule has 1 atom stereocenters. The molecule has 1 N–H and O–H groups in total. The Morgan fingerprint density at radius 2 is 2.33 bits per heavy atom. The molecule has 2 rings (SSSR count). The summed E-state index contributed by atoms with van der Waals surface area (Å²) >= 11 is 0. The number of hydrogen-bond acceptors (Lipinski definition) is 4. The van der Waals surface area contributed by atoms with Gasteiger partial charge in [-0.2, -0.15) is 0 Å². The Kier molecular flexibility index (Phi) is 5.80. The minimum absolute atomic E-state index is 0.0591. The Morgan fingerprint density at radius 1 is 1.48 bits per heavy atom. The molecule has 1 unspecified atom stereocenters. The van der Waals surface area contributed by atoms with E-state index in [1.165, 1.54) is 6.92 Å². The van der Waals surface area contributed by atoms with Gasteiger partial charge >= 0.3 is 0 Å². The molecule has 0 spiro atoms. The number of rotatable bonds is 7. The molecule has 0 saturated carbocycles. The molecule has 2 heterocycles. The van der Waals surface area contributed by atoms with E-state index in [2.05, 4.69) is 5.32 Å². The molecule has 2 amide bonds. The predicted octanol–water partition coefficient (Wildman–Crippen LogP) is 1.31. The second-order valence-electron chi connectivity index (χ2n) is 5.21. The van der Waals surface area contributed by atoms with Gasteiger partial charge in [-0.05, 0) is 25.0 Å². The second kappa shape index (κ2) is 7.83. The van der Waals surface area contributed by atoms with E-state index in [0.29, 0.717) is 25.4 Å². The van der Waals surface area contributed by atoms with E-state index in [1.807, 2.05) is 6.07 Å². The molecule has 1 aliphatic rings. The molecule has 6 heteroatoms. The number of amides is 2. The fraction of sp³-hybridized carbons (Fsp3) is 0.600. The number of ether oxygens (including phenoxy) is 1. The highest BCUT2D eigenvalue weighted by Gasteiger charge is 2.17. The van der Waals surface area contributed by atoms with Gasteiger partial charge in [-0.15, -0.1) is 0 Å². The number of hydrogen-bond donors (Lipinski definition) is 1. The van der Waals surface area contributed by atoms with E-state index < -0.39 is 0 Å². The smallest absolute Gasteiger partial charge is 0.221 e. The van der Waals surface area contributed by atoms with Gasteiger partial charge in [0.2, 0.25) is 11.8 Å². The molecule has 1 aliphatic heterocycles. The number of nitrogens with one attached hydrogen (secondary N) is 1. The molecule has 0 aliphatic carbocycles. The van der Waals surface area contributed by atoms with E-state index in [1.54, 1.807) is 17.2 Å². The molecule has 21 heavy (non-hydrogen) atoms. The maximum Gasteiger partial charge on any atom is 0.221 e. The lowest BCUT2D eigenvalue weighted by Gasteiger charge is -2.19. The fourth-order valence-corrected chi connectivity index (χ4v) is 2.30. The highest BCUT2D eigenvalue weighted by atomic mass is 16.5. The van der Waals surface area contributed by atoms with Crippen molar-refractivity contribution in [2.24, 2.45) is 0 Å². The Balaban J connectivity index is 1.70. The molecule has 1 saturated heterocycles. The molecule has 0 radical (unpaired) electrons. The molecule has 1 aromatic rings. The Hall–Kier alpha value is -1.82. The highest BCUT2D eigenvalue weighted by molar-refractivity contribution is 5.78. The third-order valence-corrected chi connectivity index (χ3v) is 3.53. The van der Waals surface area contributed by atoms with Crippen molar-refractivity contribution in [3.05, 3.63) is 24.2 Å². The maximum atomic E-state index is 11.8. The molecule has 1 fully saturated rings. The van der Waals surface area contributed by atoms with Crippen molar-refractivity contribution in [3.63, 3.8) is 0 Å². The van der Waals surface area contributed by atoms with Crippen LogP contribution in [0.2, 0.25) is 0 Å². The van der Waals surface area contributed by atoms with Crippen LogP contribution in [0.4, 0.5) is 0 Å². The van der Waals surface area contributed by atoms with E-state index in [9.17, 15) is 9.59 Å². The zero-order valence-corrected chi connectivity index (χ0v) is 12.3. The number of carbonyl (C=O) groups excluding carboxylic acids is 2. The summed E-state index contributed by atoms with van der Waals surface area (Å²) in [6.07, 6.45) is 4.05. The van der Waals surface area contributed by atoms with Crippen LogP contribution in [-0.2, 0) is 20.9 Å². The minimum atomic E-state index is -0.0710. The normalized spacial score (nSPS) is 17.7. The second-order valence-corrected chi connectivity index (χ2v) is 5.21. The Bertz CT molecular complexity index is 452. The first-order valence-corrected chi connectivity index (χ1v) is 7.31. The molecule has 1 aromatic heterocycles.